The van der Waals surface area contributed by atoms with Gasteiger partial charge in [0.2, 0.25) is 17.5 Å². The molecule has 37 heavy (non-hydrogen) atoms. The van der Waals surface area contributed by atoms with Gasteiger partial charge in [-0.25, -0.2) is 0 Å². The summed E-state index contributed by atoms with van der Waals surface area (Å²) in [6.07, 6.45) is -13.0. The predicted octanol–water partition coefficient (Wildman–Crippen LogP) is 1.43. The quantitative estimate of drug-likeness (QED) is 0.394. The Balaban J connectivity index is 1.56. The lowest BCUT2D eigenvalue weighted by Gasteiger charge is -2.39. The summed E-state index contributed by atoms with van der Waals surface area (Å²) in [6, 6.07) is 7.41. The summed E-state index contributed by atoms with van der Waals surface area (Å²) in [5.41, 5.74) is -2.20. The summed E-state index contributed by atoms with van der Waals surface area (Å²) in [6.45, 7) is -0.215. The van der Waals surface area contributed by atoms with Crippen LogP contribution in [0.4, 0.5) is 13.2 Å². The number of hydrogen-bond donors (Lipinski definition) is 4. The number of alkyl halides is 3. The molecule has 0 spiro atoms. The molecule has 198 valence electrons. The Morgan fingerprint density at radius 1 is 0.946 bits per heavy atom. The van der Waals surface area contributed by atoms with Gasteiger partial charge in [0.25, 0.3) is 0 Å². The third kappa shape index (κ3) is 4.60. The van der Waals surface area contributed by atoms with Crippen LogP contribution in [-0.4, -0.2) is 71.0 Å². The molecule has 0 unspecified atom stereocenters. The van der Waals surface area contributed by atoms with E-state index >= 15 is 0 Å². The first-order chi connectivity index (χ1) is 17.6. The van der Waals surface area contributed by atoms with Crippen LogP contribution in [0.15, 0.2) is 45.6 Å². The molecule has 0 saturated carbocycles. The number of ether oxygens (including phenoxy) is 4. The SMILES string of the molecule is O=c1c(-c2ccc3c(c2)OCCO3)c(C(F)(F)F)oc2cc(O[C@@H]3O[C@@H](CO)[C@H](O)[C@@H](O)[C@@H]3O)ccc12. The van der Waals surface area contributed by atoms with Gasteiger partial charge in [-0.3, -0.25) is 4.79 Å². The number of halogens is 3. The zero-order chi connectivity index (χ0) is 26.5. The van der Waals surface area contributed by atoms with Crippen molar-refractivity contribution in [3.63, 3.8) is 0 Å². The first-order valence-corrected chi connectivity index (χ1v) is 11.1. The van der Waals surface area contributed by atoms with Gasteiger partial charge in [0, 0.05) is 6.07 Å². The number of hydrogen-bond acceptors (Lipinski definition) is 10. The summed E-state index contributed by atoms with van der Waals surface area (Å²) < 4.78 is 68.7. The van der Waals surface area contributed by atoms with Crippen molar-refractivity contribution in [2.24, 2.45) is 0 Å². The minimum Gasteiger partial charge on any atom is -0.486 e. The molecule has 1 saturated heterocycles. The van der Waals surface area contributed by atoms with Gasteiger partial charge in [-0.05, 0) is 29.8 Å². The van der Waals surface area contributed by atoms with Gasteiger partial charge in [-0.2, -0.15) is 13.2 Å². The van der Waals surface area contributed by atoms with Crippen molar-refractivity contribution in [3.05, 3.63) is 52.4 Å². The summed E-state index contributed by atoms with van der Waals surface area (Å²) >= 11 is 0. The highest BCUT2D eigenvalue weighted by Gasteiger charge is 2.45. The summed E-state index contributed by atoms with van der Waals surface area (Å²) in [5.74, 6) is -1.17. The smallest absolute Gasteiger partial charge is 0.450 e. The van der Waals surface area contributed by atoms with Crippen LogP contribution in [0.25, 0.3) is 22.1 Å². The topological polar surface area (TPSA) is 148 Å². The van der Waals surface area contributed by atoms with Crippen molar-refractivity contribution >= 4 is 11.0 Å². The van der Waals surface area contributed by atoms with Crippen molar-refractivity contribution in [1.29, 1.82) is 0 Å². The van der Waals surface area contributed by atoms with Gasteiger partial charge in [0.05, 0.1) is 17.6 Å². The Hall–Kier alpha value is -3.36. The normalized spacial score (nSPS) is 25.8. The third-order valence-electron chi connectivity index (χ3n) is 6.05. The van der Waals surface area contributed by atoms with Gasteiger partial charge in [0.15, 0.2) is 11.5 Å². The monoisotopic (exact) mass is 526 g/mol. The van der Waals surface area contributed by atoms with E-state index in [1.807, 2.05) is 0 Å². The molecule has 2 aliphatic heterocycles. The summed E-state index contributed by atoms with van der Waals surface area (Å²) in [5, 5.41) is 39.1. The van der Waals surface area contributed by atoms with E-state index in [-0.39, 0.29) is 35.7 Å². The Bertz CT molecular complexity index is 1370. The number of fused-ring (bicyclic) bond motifs is 2. The second-order valence-electron chi connectivity index (χ2n) is 8.46. The van der Waals surface area contributed by atoms with Gasteiger partial charge < -0.3 is 43.8 Å². The van der Waals surface area contributed by atoms with E-state index < -0.39 is 65.8 Å². The second kappa shape index (κ2) is 9.50. The van der Waals surface area contributed by atoms with E-state index in [1.165, 1.54) is 30.3 Å². The van der Waals surface area contributed by atoms with Crippen LogP contribution in [0.5, 0.6) is 17.2 Å². The number of aliphatic hydroxyl groups is 4. The fraction of sp³-hybridized carbons (Fsp3) is 0.375. The highest BCUT2D eigenvalue weighted by atomic mass is 19.4. The molecule has 5 rings (SSSR count). The molecule has 3 aromatic rings. The van der Waals surface area contributed by atoms with Crippen LogP contribution in [-0.2, 0) is 10.9 Å². The Kier molecular flexibility index (Phi) is 6.50. The fourth-order valence-electron chi connectivity index (χ4n) is 4.21. The second-order valence-corrected chi connectivity index (χ2v) is 8.46. The predicted molar refractivity (Wildman–Crippen MR) is 118 cm³/mol. The maximum Gasteiger partial charge on any atom is 0.450 e. The van der Waals surface area contributed by atoms with E-state index in [9.17, 15) is 38.4 Å². The van der Waals surface area contributed by atoms with Crippen LogP contribution >= 0.6 is 0 Å². The first kappa shape index (κ1) is 25.3. The summed E-state index contributed by atoms with van der Waals surface area (Å²) in [4.78, 5) is 13.3. The molecule has 1 aromatic heterocycles. The molecule has 0 bridgehead atoms. The third-order valence-corrected chi connectivity index (χ3v) is 6.05. The molecule has 10 nitrogen and oxygen atoms in total. The van der Waals surface area contributed by atoms with E-state index in [0.29, 0.717) is 5.75 Å². The van der Waals surface area contributed by atoms with Gasteiger partial charge in [-0.1, -0.05) is 6.07 Å². The van der Waals surface area contributed by atoms with E-state index in [0.717, 1.165) is 6.07 Å². The standard InChI is InChI=1S/C24H21F3O10/c25-24(26,27)22-17(10-1-4-13-15(7-10)34-6-5-33-13)18(29)12-3-2-11(8-14(12)36-22)35-23-21(32)20(31)19(30)16(9-28)37-23/h1-4,7-8,16,19-21,23,28,30-32H,5-6,9H2/t16-,19-,20+,21-,23+/m0/s1. The zero-order valence-corrected chi connectivity index (χ0v) is 18.8. The molecule has 2 aromatic carbocycles. The maximum atomic E-state index is 14.0. The average Bonchev–Trinajstić information content (AvgIpc) is 2.88. The van der Waals surface area contributed by atoms with Crippen LogP contribution in [0.1, 0.15) is 5.76 Å². The number of aliphatic hydroxyl groups excluding tert-OH is 4. The fourth-order valence-corrected chi connectivity index (χ4v) is 4.21. The van der Waals surface area contributed by atoms with E-state index in [4.69, 9.17) is 23.4 Å². The molecule has 1 fully saturated rings. The van der Waals surface area contributed by atoms with Crippen molar-refractivity contribution in [1.82, 2.24) is 0 Å². The van der Waals surface area contributed by atoms with Crippen LogP contribution < -0.4 is 19.6 Å². The molecule has 0 amide bonds. The lowest BCUT2D eigenvalue weighted by atomic mass is 9.99. The molecule has 4 N–H and O–H groups in total. The molecule has 3 heterocycles. The highest BCUT2D eigenvalue weighted by molar-refractivity contribution is 5.84. The van der Waals surface area contributed by atoms with Gasteiger partial charge in [-0.15, -0.1) is 0 Å². The van der Waals surface area contributed by atoms with Gasteiger partial charge >= 0.3 is 6.18 Å². The highest BCUT2D eigenvalue weighted by Crippen LogP contribution is 2.41. The lowest BCUT2D eigenvalue weighted by molar-refractivity contribution is -0.277. The number of rotatable bonds is 4. The molecule has 0 aliphatic carbocycles. The Morgan fingerprint density at radius 3 is 2.38 bits per heavy atom. The van der Waals surface area contributed by atoms with Crippen molar-refractivity contribution in [2.75, 3.05) is 19.8 Å². The van der Waals surface area contributed by atoms with Crippen molar-refractivity contribution in [2.45, 2.75) is 36.9 Å². The maximum absolute atomic E-state index is 14.0. The minimum absolute atomic E-state index is 0.0751. The Labute approximate surface area is 206 Å². The summed E-state index contributed by atoms with van der Waals surface area (Å²) in [7, 11) is 0. The van der Waals surface area contributed by atoms with Crippen LogP contribution in [0.3, 0.4) is 0 Å². The van der Waals surface area contributed by atoms with Crippen LogP contribution in [0.2, 0.25) is 0 Å². The molecule has 0 radical (unpaired) electrons. The number of benzene rings is 2. The van der Waals surface area contributed by atoms with Crippen molar-refractivity contribution in [3.8, 4) is 28.4 Å². The average molecular weight is 526 g/mol. The molecule has 13 heteroatoms. The van der Waals surface area contributed by atoms with Gasteiger partial charge in [0.1, 0.15) is 49.0 Å². The Morgan fingerprint density at radius 2 is 1.68 bits per heavy atom. The molecule has 5 atom stereocenters. The van der Waals surface area contributed by atoms with Crippen LogP contribution in [0, 0.1) is 0 Å². The molecular formula is C24H21F3O10. The van der Waals surface area contributed by atoms with E-state index in [1.54, 1.807) is 0 Å². The lowest BCUT2D eigenvalue weighted by Crippen LogP contribution is -2.60. The molecular weight excluding hydrogens is 505 g/mol. The van der Waals surface area contributed by atoms with E-state index in [2.05, 4.69) is 0 Å². The zero-order valence-electron chi connectivity index (χ0n) is 18.8. The largest absolute Gasteiger partial charge is 0.486 e. The first-order valence-electron chi connectivity index (χ1n) is 11.1. The minimum atomic E-state index is -5.04. The molecule has 2 aliphatic rings. The van der Waals surface area contributed by atoms with Crippen molar-refractivity contribution < 1.29 is 57.0 Å².